The van der Waals surface area contributed by atoms with Crippen molar-refractivity contribution >= 4 is 11.4 Å². The third-order valence-corrected chi connectivity index (χ3v) is 3.76. The van der Waals surface area contributed by atoms with Crippen molar-refractivity contribution in [2.24, 2.45) is 0 Å². The second-order valence-electron chi connectivity index (χ2n) is 5.24. The van der Waals surface area contributed by atoms with Gasteiger partial charge in [0.15, 0.2) is 0 Å². The van der Waals surface area contributed by atoms with Crippen LogP contribution in [0.3, 0.4) is 0 Å². The SMILES string of the molecule is CCCNCC/C=C(/C)c1ccnc2c1CCN2CO. The number of aliphatic hydroxyl groups excluding tert-OH is 1. The Morgan fingerprint density at radius 1 is 1.50 bits per heavy atom. The number of pyridine rings is 1. The Morgan fingerprint density at radius 2 is 2.35 bits per heavy atom. The van der Waals surface area contributed by atoms with Crippen LogP contribution in [-0.4, -0.2) is 36.5 Å². The predicted octanol–water partition coefficient (Wildman–Crippen LogP) is 2.19. The Balaban J connectivity index is 2.05. The van der Waals surface area contributed by atoms with Gasteiger partial charge in [-0.15, -0.1) is 0 Å². The number of aliphatic hydroxyl groups is 1. The van der Waals surface area contributed by atoms with E-state index in [1.54, 1.807) is 0 Å². The van der Waals surface area contributed by atoms with Crippen LogP contribution in [0.1, 0.15) is 37.8 Å². The van der Waals surface area contributed by atoms with Crippen LogP contribution in [0.5, 0.6) is 0 Å². The molecular weight excluding hydrogens is 250 g/mol. The summed E-state index contributed by atoms with van der Waals surface area (Å²) in [5.41, 5.74) is 3.86. The van der Waals surface area contributed by atoms with Gasteiger partial charge in [0, 0.05) is 18.3 Å². The van der Waals surface area contributed by atoms with Crippen molar-refractivity contribution in [1.82, 2.24) is 10.3 Å². The van der Waals surface area contributed by atoms with E-state index >= 15 is 0 Å². The maximum atomic E-state index is 9.33. The summed E-state index contributed by atoms with van der Waals surface area (Å²) in [6.45, 7) is 7.37. The van der Waals surface area contributed by atoms with Crippen LogP contribution in [0.25, 0.3) is 5.57 Å². The number of fused-ring (bicyclic) bond motifs is 1. The van der Waals surface area contributed by atoms with Crippen LogP contribution in [0.15, 0.2) is 18.3 Å². The fourth-order valence-electron chi connectivity index (χ4n) is 2.66. The van der Waals surface area contributed by atoms with Gasteiger partial charge in [-0.3, -0.25) is 0 Å². The number of aromatic nitrogens is 1. The van der Waals surface area contributed by atoms with Crippen molar-refractivity contribution in [3.63, 3.8) is 0 Å². The summed E-state index contributed by atoms with van der Waals surface area (Å²) in [6.07, 6.45) is 7.33. The molecule has 0 fully saturated rings. The number of allylic oxidation sites excluding steroid dienone is 1. The molecule has 1 aromatic rings. The van der Waals surface area contributed by atoms with Gasteiger partial charge in [0.2, 0.25) is 0 Å². The highest BCUT2D eigenvalue weighted by atomic mass is 16.3. The van der Waals surface area contributed by atoms with Gasteiger partial charge in [0.25, 0.3) is 0 Å². The van der Waals surface area contributed by atoms with Crippen molar-refractivity contribution in [2.75, 3.05) is 31.3 Å². The van der Waals surface area contributed by atoms with Crippen LogP contribution in [0, 0.1) is 0 Å². The van der Waals surface area contributed by atoms with Gasteiger partial charge in [0.05, 0.1) is 0 Å². The second kappa shape index (κ2) is 7.41. The van der Waals surface area contributed by atoms with E-state index in [2.05, 4.69) is 36.3 Å². The quantitative estimate of drug-likeness (QED) is 0.749. The molecule has 0 unspecified atom stereocenters. The second-order valence-corrected chi connectivity index (χ2v) is 5.24. The van der Waals surface area contributed by atoms with Gasteiger partial charge in [0.1, 0.15) is 12.5 Å². The van der Waals surface area contributed by atoms with Crippen LogP contribution < -0.4 is 10.2 Å². The molecule has 0 aliphatic carbocycles. The average Bonchev–Trinajstić information content (AvgIpc) is 2.89. The summed E-state index contributed by atoms with van der Waals surface area (Å²) in [6, 6.07) is 2.09. The first kappa shape index (κ1) is 15.0. The molecule has 4 heteroatoms. The van der Waals surface area contributed by atoms with Gasteiger partial charge in [-0.1, -0.05) is 13.0 Å². The molecule has 2 heterocycles. The predicted molar refractivity (Wildman–Crippen MR) is 83.8 cm³/mol. The summed E-state index contributed by atoms with van der Waals surface area (Å²) < 4.78 is 0. The molecule has 20 heavy (non-hydrogen) atoms. The third-order valence-electron chi connectivity index (χ3n) is 3.76. The van der Waals surface area contributed by atoms with E-state index in [9.17, 15) is 5.11 Å². The van der Waals surface area contributed by atoms with Gasteiger partial charge < -0.3 is 15.3 Å². The molecule has 0 aromatic carbocycles. The van der Waals surface area contributed by atoms with Crippen LogP contribution in [0.4, 0.5) is 5.82 Å². The zero-order valence-corrected chi connectivity index (χ0v) is 12.5. The maximum Gasteiger partial charge on any atom is 0.134 e. The van der Waals surface area contributed by atoms with E-state index in [0.29, 0.717) is 0 Å². The Bertz CT molecular complexity index is 471. The van der Waals surface area contributed by atoms with E-state index in [1.165, 1.54) is 23.1 Å². The Kier molecular flexibility index (Phi) is 5.56. The molecule has 0 bridgehead atoms. The third kappa shape index (κ3) is 3.38. The number of anilines is 1. The molecule has 2 N–H and O–H groups in total. The van der Waals surface area contributed by atoms with Gasteiger partial charge in [-0.2, -0.15) is 0 Å². The van der Waals surface area contributed by atoms with Crippen molar-refractivity contribution < 1.29 is 5.11 Å². The van der Waals surface area contributed by atoms with Gasteiger partial charge in [-0.05, 0) is 56.5 Å². The minimum atomic E-state index is 0.0488. The fraction of sp³-hybridized carbons (Fsp3) is 0.562. The van der Waals surface area contributed by atoms with Crippen LogP contribution >= 0.6 is 0 Å². The van der Waals surface area contributed by atoms with E-state index in [-0.39, 0.29) is 6.73 Å². The molecule has 2 rings (SSSR count). The fourth-order valence-corrected chi connectivity index (χ4v) is 2.66. The molecule has 0 saturated carbocycles. The number of nitrogens with one attached hydrogen (secondary N) is 1. The molecule has 1 aromatic heterocycles. The molecule has 0 atom stereocenters. The van der Waals surface area contributed by atoms with Crippen molar-refractivity contribution in [3.8, 4) is 0 Å². The molecule has 4 nitrogen and oxygen atoms in total. The Hall–Kier alpha value is -1.39. The average molecular weight is 275 g/mol. The van der Waals surface area contributed by atoms with E-state index in [4.69, 9.17) is 0 Å². The molecule has 1 aliphatic rings. The van der Waals surface area contributed by atoms with Gasteiger partial charge in [-0.25, -0.2) is 4.98 Å². The first-order chi connectivity index (χ1) is 9.77. The Morgan fingerprint density at radius 3 is 3.10 bits per heavy atom. The summed E-state index contributed by atoms with van der Waals surface area (Å²) >= 11 is 0. The summed E-state index contributed by atoms with van der Waals surface area (Å²) in [5.74, 6) is 0.946. The summed E-state index contributed by atoms with van der Waals surface area (Å²) in [4.78, 5) is 6.33. The first-order valence-corrected chi connectivity index (χ1v) is 7.49. The highest BCUT2D eigenvalue weighted by Crippen LogP contribution is 2.31. The van der Waals surface area contributed by atoms with E-state index in [0.717, 1.165) is 38.3 Å². The van der Waals surface area contributed by atoms with E-state index < -0.39 is 0 Å². The number of nitrogens with zero attached hydrogens (tertiary/aromatic N) is 2. The molecular formula is C16H25N3O. The zero-order chi connectivity index (χ0) is 14.4. The number of hydrogen-bond acceptors (Lipinski definition) is 4. The largest absolute Gasteiger partial charge is 0.376 e. The molecule has 0 radical (unpaired) electrons. The lowest BCUT2D eigenvalue weighted by Crippen LogP contribution is -2.21. The lowest BCUT2D eigenvalue weighted by Gasteiger charge is -2.15. The number of hydrogen-bond donors (Lipinski definition) is 2. The normalized spacial score (nSPS) is 14.8. The lowest BCUT2D eigenvalue weighted by atomic mass is 10.0. The lowest BCUT2D eigenvalue weighted by molar-refractivity contribution is 0.293. The Labute approximate surface area is 121 Å². The number of rotatable bonds is 7. The van der Waals surface area contributed by atoms with Crippen molar-refractivity contribution in [2.45, 2.75) is 33.1 Å². The van der Waals surface area contributed by atoms with Crippen LogP contribution in [0.2, 0.25) is 0 Å². The minimum Gasteiger partial charge on any atom is -0.376 e. The molecule has 0 amide bonds. The maximum absolute atomic E-state index is 9.33. The highest BCUT2D eigenvalue weighted by Gasteiger charge is 2.22. The first-order valence-electron chi connectivity index (χ1n) is 7.49. The molecule has 110 valence electrons. The summed E-state index contributed by atoms with van der Waals surface area (Å²) in [5, 5.41) is 12.7. The molecule has 0 spiro atoms. The monoisotopic (exact) mass is 275 g/mol. The standard InChI is InChI=1S/C16H25N3O/c1-3-8-17-9-4-5-13(2)14-6-10-18-16-15(14)7-11-19(16)12-20/h5-6,10,17,20H,3-4,7-9,11-12H2,1-2H3/b13-5-. The zero-order valence-electron chi connectivity index (χ0n) is 12.5. The van der Waals surface area contributed by atoms with Gasteiger partial charge >= 0.3 is 0 Å². The summed E-state index contributed by atoms with van der Waals surface area (Å²) in [7, 11) is 0. The topological polar surface area (TPSA) is 48.4 Å². The smallest absolute Gasteiger partial charge is 0.134 e. The van der Waals surface area contributed by atoms with Crippen LogP contribution in [-0.2, 0) is 6.42 Å². The van der Waals surface area contributed by atoms with Crippen molar-refractivity contribution in [1.29, 1.82) is 0 Å². The minimum absolute atomic E-state index is 0.0488. The van der Waals surface area contributed by atoms with E-state index in [1.807, 2.05) is 11.1 Å². The highest BCUT2D eigenvalue weighted by molar-refractivity contribution is 5.72. The molecule has 0 saturated heterocycles. The van der Waals surface area contributed by atoms with Crippen molar-refractivity contribution in [3.05, 3.63) is 29.5 Å². The molecule has 1 aliphatic heterocycles.